The molecule has 96 valence electrons. The molecule has 9 heteroatoms. The van der Waals surface area contributed by atoms with Gasteiger partial charge in [0, 0.05) is 13.2 Å². The van der Waals surface area contributed by atoms with Crippen molar-refractivity contribution in [1.29, 1.82) is 0 Å². The van der Waals surface area contributed by atoms with Crippen LogP contribution in [0.5, 0.6) is 0 Å². The molecule has 0 bridgehead atoms. The number of carboxylic acid groups (broad SMARTS) is 1. The van der Waals surface area contributed by atoms with Crippen LogP contribution in [0.2, 0.25) is 0 Å². The topological polar surface area (TPSA) is 98.2 Å². The first-order valence-corrected chi connectivity index (χ1v) is 6.09. The third kappa shape index (κ3) is 1.93. The Hall–Kier alpha value is -2.42. The van der Waals surface area contributed by atoms with Crippen LogP contribution < -0.4 is 0 Å². The number of aromatic nitrogens is 6. The molecule has 3 aromatic rings. The normalized spacial score (nSPS) is 11.0. The highest BCUT2D eigenvalue weighted by atomic mass is 32.2. The Balaban J connectivity index is 2.15. The van der Waals surface area contributed by atoms with E-state index in [2.05, 4.69) is 20.5 Å². The molecule has 3 aromatic heterocycles. The van der Waals surface area contributed by atoms with Gasteiger partial charge in [-0.05, 0) is 34.3 Å². The van der Waals surface area contributed by atoms with Crippen molar-refractivity contribution in [2.75, 3.05) is 0 Å². The SMILES string of the molecule is Cn1nnnc1Sc1nc2ccccn2c1C(=O)O. The third-order valence-corrected chi connectivity index (χ3v) is 3.48. The molecule has 0 radical (unpaired) electrons. The van der Waals surface area contributed by atoms with E-state index in [1.807, 2.05) is 0 Å². The van der Waals surface area contributed by atoms with Crippen LogP contribution in [-0.2, 0) is 7.05 Å². The van der Waals surface area contributed by atoms with E-state index in [-0.39, 0.29) is 5.69 Å². The molecular weight excluding hydrogens is 268 g/mol. The summed E-state index contributed by atoms with van der Waals surface area (Å²) in [5, 5.41) is 21.2. The highest BCUT2D eigenvalue weighted by Gasteiger charge is 2.21. The second kappa shape index (κ2) is 4.35. The van der Waals surface area contributed by atoms with Crippen LogP contribution in [0, 0.1) is 0 Å². The van der Waals surface area contributed by atoms with Crippen molar-refractivity contribution in [1.82, 2.24) is 29.6 Å². The molecule has 0 aliphatic carbocycles. The summed E-state index contributed by atoms with van der Waals surface area (Å²) in [6.07, 6.45) is 1.66. The standard InChI is InChI=1S/C10H8N6O2S/c1-15-10(12-13-14-15)19-8-7(9(17)18)16-5-3-2-4-6(16)11-8/h2-5H,1H3,(H,17,18). The molecule has 0 saturated carbocycles. The van der Waals surface area contributed by atoms with Gasteiger partial charge in [-0.1, -0.05) is 6.07 Å². The predicted molar refractivity (Wildman–Crippen MR) is 65.1 cm³/mol. The number of fused-ring (bicyclic) bond motifs is 1. The first kappa shape index (κ1) is 11.7. The number of rotatable bonds is 3. The second-order valence-electron chi connectivity index (χ2n) is 3.69. The molecule has 19 heavy (non-hydrogen) atoms. The van der Waals surface area contributed by atoms with Crippen molar-refractivity contribution in [3.63, 3.8) is 0 Å². The van der Waals surface area contributed by atoms with Gasteiger partial charge in [0.25, 0.3) is 0 Å². The molecule has 0 atom stereocenters. The fourth-order valence-corrected chi connectivity index (χ4v) is 2.47. The molecule has 0 amide bonds. The largest absolute Gasteiger partial charge is 0.476 e. The summed E-state index contributed by atoms with van der Waals surface area (Å²) in [4.78, 5) is 15.7. The molecule has 1 N–H and O–H groups in total. The molecule has 0 saturated heterocycles. The zero-order chi connectivity index (χ0) is 13.4. The monoisotopic (exact) mass is 276 g/mol. The Morgan fingerprint density at radius 1 is 1.42 bits per heavy atom. The number of carboxylic acids is 1. The Labute approximate surface area is 111 Å². The smallest absolute Gasteiger partial charge is 0.355 e. The number of aromatic carboxylic acids is 1. The fourth-order valence-electron chi connectivity index (χ4n) is 1.63. The molecule has 0 aromatic carbocycles. The van der Waals surface area contributed by atoms with Crippen molar-refractivity contribution < 1.29 is 9.90 Å². The van der Waals surface area contributed by atoms with E-state index in [9.17, 15) is 9.90 Å². The summed E-state index contributed by atoms with van der Waals surface area (Å²) in [7, 11) is 1.68. The number of hydrogen-bond donors (Lipinski definition) is 1. The average molecular weight is 276 g/mol. The van der Waals surface area contributed by atoms with Crippen LogP contribution >= 0.6 is 11.8 Å². The molecule has 0 spiro atoms. The van der Waals surface area contributed by atoms with Gasteiger partial charge in [-0.3, -0.25) is 4.40 Å². The first-order chi connectivity index (χ1) is 9.16. The van der Waals surface area contributed by atoms with Crippen molar-refractivity contribution in [3.8, 4) is 0 Å². The zero-order valence-corrected chi connectivity index (χ0v) is 10.6. The number of hydrogen-bond acceptors (Lipinski definition) is 6. The van der Waals surface area contributed by atoms with Gasteiger partial charge in [0.1, 0.15) is 10.7 Å². The number of carbonyl (C=O) groups is 1. The van der Waals surface area contributed by atoms with E-state index in [1.54, 1.807) is 31.4 Å². The van der Waals surface area contributed by atoms with Crippen LogP contribution in [-0.4, -0.2) is 40.7 Å². The van der Waals surface area contributed by atoms with Gasteiger partial charge >= 0.3 is 5.97 Å². The highest BCUT2D eigenvalue weighted by Crippen LogP contribution is 2.28. The minimum Gasteiger partial charge on any atom is -0.476 e. The summed E-state index contributed by atoms with van der Waals surface area (Å²) in [5.74, 6) is -1.05. The highest BCUT2D eigenvalue weighted by molar-refractivity contribution is 7.99. The van der Waals surface area contributed by atoms with E-state index in [1.165, 1.54) is 9.08 Å². The van der Waals surface area contributed by atoms with E-state index in [0.717, 1.165) is 11.8 Å². The lowest BCUT2D eigenvalue weighted by Crippen LogP contribution is -2.03. The fraction of sp³-hybridized carbons (Fsp3) is 0.100. The van der Waals surface area contributed by atoms with Crippen LogP contribution in [0.25, 0.3) is 5.65 Å². The summed E-state index contributed by atoms with van der Waals surface area (Å²) < 4.78 is 2.98. The molecule has 0 fully saturated rings. The molecule has 0 unspecified atom stereocenters. The van der Waals surface area contributed by atoms with Gasteiger partial charge in [-0.15, -0.1) is 5.10 Å². The van der Waals surface area contributed by atoms with Crippen molar-refractivity contribution in [2.45, 2.75) is 10.2 Å². The molecule has 3 heterocycles. The van der Waals surface area contributed by atoms with E-state index >= 15 is 0 Å². The van der Waals surface area contributed by atoms with E-state index in [4.69, 9.17) is 0 Å². The number of tetrazole rings is 1. The van der Waals surface area contributed by atoms with E-state index < -0.39 is 5.97 Å². The van der Waals surface area contributed by atoms with Gasteiger partial charge in [-0.2, -0.15) is 0 Å². The summed E-state index contributed by atoms with van der Waals surface area (Å²) in [6, 6.07) is 5.29. The Morgan fingerprint density at radius 3 is 2.95 bits per heavy atom. The summed E-state index contributed by atoms with van der Waals surface area (Å²) >= 11 is 1.12. The molecule has 3 rings (SSSR count). The molecular formula is C10H8N6O2S. The van der Waals surface area contributed by atoms with E-state index in [0.29, 0.717) is 15.8 Å². The van der Waals surface area contributed by atoms with Gasteiger partial charge < -0.3 is 5.11 Å². The van der Waals surface area contributed by atoms with Crippen molar-refractivity contribution in [3.05, 3.63) is 30.1 Å². The maximum absolute atomic E-state index is 11.4. The second-order valence-corrected chi connectivity index (χ2v) is 4.64. The van der Waals surface area contributed by atoms with Gasteiger partial charge in [0.2, 0.25) is 5.16 Å². The number of nitrogens with zero attached hydrogens (tertiary/aromatic N) is 6. The van der Waals surface area contributed by atoms with Crippen LogP contribution in [0.4, 0.5) is 0 Å². The Morgan fingerprint density at radius 2 is 2.26 bits per heavy atom. The number of imidazole rings is 1. The van der Waals surface area contributed by atoms with Gasteiger partial charge in [0.05, 0.1) is 0 Å². The quantitative estimate of drug-likeness (QED) is 0.752. The summed E-state index contributed by atoms with van der Waals surface area (Å²) in [6.45, 7) is 0. The van der Waals surface area contributed by atoms with Crippen LogP contribution in [0.15, 0.2) is 34.6 Å². The summed E-state index contributed by atoms with van der Waals surface area (Å²) in [5.41, 5.74) is 0.668. The third-order valence-electron chi connectivity index (χ3n) is 2.47. The molecule has 0 aliphatic heterocycles. The minimum atomic E-state index is -1.05. The predicted octanol–water partition coefficient (Wildman–Crippen LogP) is 0.707. The molecule has 8 nitrogen and oxygen atoms in total. The molecule has 0 aliphatic rings. The zero-order valence-electron chi connectivity index (χ0n) is 9.76. The van der Waals surface area contributed by atoms with Crippen LogP contribution in [0.1, 0.15) is 10.5 Å². The Bertz CT molecular complexity index is 764. The van der Waals surface area contributed by atoms with Gasteiger partial charge in [0.15, 0.2) is 5.69 Å². The number of pyridine rings is 1. The lowest BCUT2D eigenvalue weighted by Gasteiger charge is -1.98. The van der Waals surface area contributed by atoms with Crippen molar-refractivity contribution >= 4 is 23.4 Å². The van der Waals surface area contributed by atoms with Gasteiger partial charge in [-0.25, -0.2) is 14.5 Å². The average Bonchev–Trinajstić information content (AvgIpc) is 2.93. The Kier molecular flexibility index (Phi) is 2.67. The minimum absolute atomic E-state index is 0.101. The maximum atomic E-state index is 11.4. The lowest BCUT2D eigenvalue weighted by atomic mass is 10.4. The van der Waals surface area contributed by atoms with Crippen molar-refractivity contribution in [2.24, 2.45) is 7.05 Å². The number of aryl methyl sites for hydroxylation is 1. The van der Waals surface area contributed by atoms with Crippen LogP contribution in [0.3, 0.4) is 0 Å². The maximum Gasteiger partial charge on any atom is 0.355 e. The first-order valence-electron chi connectivity index (χ1n) is 5.27. The lowest BCUT2D eigenvalue weighted by molar-refractivity contribution is 0.0685.